The molecule has 1 heterocycles. The van der Waals surface area contributed by atoms with E-state index in [0.717, 1.165) is 0 Å². The highest BCUT2D eigenvalue weighted by atomic mass is 16.6. The molecule has 0 spiro atoms. The minimum atomic E-state index is -0.283. The van der Waals surface area contributed by atoms with Crippen LogP contribution in [-0.4, -0.2) is 38.5 Å². The second kappa shape index (κ2) is 6.23. The molecule has 4 N–H and O–H groups in total. The first-order chi connectivity index (χ1) is 8.74. The monoisotopic (exact) mass is 251 g/mol. The Morgan fingerprint density at radius 1 is 1.44 bits per heavy atom. The summed E-state index contributed by atoms with van der Waals surface area (Å²) >= 11 is 0. The summed E-state index contributed by atoms with van der Waals surface area (Å²) in [4.78, 5) is 11.6. The van der Waals surface area contributed by atoms with Gasteiger partial charge in [0.1, 0.15) is 0 Å². The summed E-state index contributed by atoms with van der Waals surface area (Å²) in [6.45, 7) is 2.13. The zero-order chi connectivity index (χ0) is 12.8. The van der Waals surface area contributed by atoms with E-state index in [4.69, 9.17) is 15.2 Å². The number of hydrogen-bond acceptors (Lipinski definition) is 4. The molecule has 0 radical (unpaired) electrons. The van der Waals surface area contributed by atoms with Crippen LogP contribution in [0.2, 0.25) is 0 Å². The lowest BCUT2D eigenvalue weighted by atomic mass is 10.3. The fraction of sp³-hybridized carbons (Fsp3) is 0.417. The lowest BCUT2D eigenvalue weighted by Gasteiger charge is -2.23. The number of hydrogen-bond donors (Lipinski definition) is 3. The molecule has 1 unspecified atom stereocenters. The number of anilines is 2. The van der Waals surface area contributed by atoms with Crippen LogP contribution in [-0.2, 0) is 9.47 Å². The van der Waals surface area contributed by atoms with Gasteiger partial charge in [0.2, 0.25) is 0 Å². The van der Waals surface area contributed by atoms with Gasteiger partial charge in [-0.25, -0.2) is 4.79 Å². The summed E-state index contributed by atoms with van der Waals surface area (Å²) in [5, 5.41) is 5.42. The minimum Gasteiger partial charge on any atom is -0.399 e. The number of urea groups is 1. The van der Waals surface area contributed by atoms with Crippen molar-refractivity contribution < 1.29 is 14.3 Å². The third-order valence-electron chi connectivity index (χ3n) is 2.52. The van der Waals surface area contributed by atoms with Crippen molar-refractivity contribution >= 4 is 17.4 Å². The number of carbonyl (C=O) groups is 1. The van der Waals surface area contributed by atoms with Crippen LogP contribution in [0.4, 0.5) is 16.2 Å². The van der Waals surface area contributed by atoms with Crippen LogP contribution in [0.3, 0.4) is 0 Å². The molecule has 1 atom stereocenters. The Labute approximate surface area is 105 Å². The largest absolute Gasteiger partial charge is 0.399 e. The van der Waals surface area contributed by atoms with Crippen LogP contribution >= 0.6 is 0 Å². The number of benzene rings is 1. The standard InChI is InChI=1S/C12H17N3O3/c13-9-2-1-3-10(6-9)15-12(16)14-7-11-8-17-4-5-18-11/h1-3,6,11H,4-5,7-8,13H2,(H2,14,15,16). The van der Waals surface area contributed by atoms with Crippen LogP contribution in [0.1, 0.15) is 0 Å². The Bertz CT molecular complexity index is 405. The van der Waals surface area contributed by atoms with Crippen molar-refractivity contribution in [2.75, 3.05) is 37.4 Å². The highest BCUT2D eigenvalue weighted by molar-refractivity contribution is 5.89. The maximum atomic E-state index is 11.6. The lowest BCUT2D eigenvalue weighted by Crippen LogP contribution is -2.41. The van der Waals surface area contributed by atoms with E-state index < -0.39 is 0 Å². The third kappa shape index (κ3) is 3.90. The van der Waals surface area contributed by atoms with E-state index in [0.29, 0.717) is 37.7 Å². The zero-order valence-electron chi connectivity index (χ0n) is 10.0. The number of nitrogen functional groups attached to an aromatic ring is 1. The van der Waals surface area contributed by atoms with Crippen LogP contribution < -0.4 is 16.4 Å². The summed E-state index contributed by atoms with van der Waals surface area (Å²) in [5.41, 5.74) is 6.89. The maximum Gasteiger partial charge on any atom is 0.319 e. The van der Waals surface area contributed by atoms with E-state index in [9.17, 15) is 4.79 Å². The lowest BCUT2D eigenvalue weighted by molar-refractivity contribution is -0.0852. The maximum absolute atomic E-state index is 11.6. The van der Waals surface area contributed by atoms with E-state index >= 15 is 0 Å². The van der Waals surface area contributed by atoms with E-state index in [1.807, 2.05) is 0 Å². The predicted octanol–water partition coefficient (Wildman–Crippen LogP) is 0.806. The van der Waals surface area contributed by atoms with E-state index in [-0.39, 0.29) is 12.1 Å². The third-order valence-corrected chi connectivity index (χ3v) is 2.52. The number of rotatable bonds is 3. The molecular weight excluding hydrogens is 234 g/mol. The summed E-state index contributed by atoms with van der Waals surface area (Å²) in [7, 11) is 0. The van der Waals surface area contributed by atoms with Gasteiger partial charge in [0.25, 0.3) is 0 Å². The fourth-order valence-corrected chi connectivity index (χ4v) is 1.65. The SMILES string of the molecule is Nc1cccc(NC(=O)NCC2COCCO2)c1. The number of nitrogens with two attached hydrogens (primary N) is 1. The molecule has 1 aromatic rings. The molecule has 1 saturated heterocycles. The molecule has 6 nitrogen and oxygen atoms in total. The molecule has 0 aromatic heterocycles. The first-order valence-electron chi connectivity index (χ1n) is 5.84. The van der Waals surface area contributed by atoms with Crippen LogP contribution in [0.5, 0.6) is 0 Å². The first kappa shape index (κ1) is 12.7. The Morgan fingerprint density at radius 2 is 2.33 bits per heavy atom. The topological polar surface area (TPSA) is 85.6 Å². The van der Waals surface area contributed by atoms with Gasteiger partial charge in [-0.3, -0.25) is 0 Å². The number of nitrogens with one attached hydrogen (secondary N) is 2. The molecule has 18 heavy (non-hydrogen) atoms. The highest BCUT2D eigenvalue weighted by Crippen LogP contribution is 2.11. The van der Waals surface area contributed by atoms with Crippen LogP contribution in [0.25, 0.3) is 0 Å². The summed E-state index contributed by atoms with van der Waals surface area (Å²) in [6, 6.07) is 6.73. The molecule has 1 aliphatic rings. The van der Waals surface area contributed by atoms with Crippen molar-refractivity contribution in [2.45, 2.75) is 6.10 Å². The van der Waals surface area contributed by atoms with Crippen molar-refractivity contribution in [1.29, 1.82) is 0 Å². The summed E-state index contributed by atoms with van der Waals surface area (Å²) < 4.78 is 10.6. The second-order valence-electron chi connectivity index (χ2n) is 4.03. The molecule has 1 aliphatic heterocycles. The fourth-order valence-electron chi connectivity index (χ4n) is 1.65. The molecular formula is C12H17N3O3. The van der Waals surface area contributed by atoms with Gasteiger partial charge in [0.05, 0.1) is 25.9 Å². The van der Waals surface area contributed by atoms with E-state index in [1.165, 1.54) is 0 Å². The molecule has 0 bridgehead atoms. The Balaban J connectivity index is 1.74. The molecule has 2 rings (SSSR count). The highest BCUT2D eigenvalue weighted by Gasteiger charge is 2.14. The average Bonchev–Trinajstić information content (AvgIpc) is 2.38. The van der Waals surface area contributed by atoms with Gasteiger partial charge < -0.3 is 25.8 Å². The number of ether oxygens (including phenoxy) is 2. The van der Waals surface area contributed by atoms with Gasteiger partial charge in [0, 0.05) is 17.9 Å². The van der Waals surface area contributed by atoms with Gasteiger partial charge in [-0.2, -0.15) is 0 Å². The molecule has 1 aromatic carbocycles. The normalized spacial score (nSPS) is 19.2. The molecule has 0 aliphatic carbocycles. The van der Waals surface area contributed by atoms with Crippen molar-refractivity contribution in [3.05, 3.63) is 24.3 Å². The predicted molar refractivity (Wildman–Crippen MR) is 68.4 cm³/mol. The Hall–Kier alpha value is -1.79. The first-order valence-corrected chi connectivity index (χ1v) is 5.84. The molecule has 6 heteroatoms. The smallest absolute Gasteiger partial charge is 0.319 e. The van der Waals surface area contributed by atoms with Gasteiger partial charge >= 0.3 is 6.03 Å². The van der Waals surface area contributed by atoms with Crippen molar-refractivity contribution in [1.82, 2.24) is 5.32 Å². The van der Waals surface area contributed by atoms with Crippen LogP contribution in [0, 0.1) is 0 Å². The van der Waals surface area contributed by atoms with E-state index in [1.54, 1.807) is 24.3 Å². The molecule has 1 fully saturated rings. The number of amides is 2. The van der Waals surface area contributed by atoms with Gasteiger partial charge in [-0.15, -0.1) is 0 Å². The van der Waals surface area contributed by atoms with Gasteiger partial charge in [-0.05, 0) is 18.2 Å². The second-order valence-corrected chi connectivity index (χ2v) is 4.03. The molecule has 0 saturated carbocycles. The van der Waals surface area contributed by atoms with Crippen LogP contribution in [0.15, 0.2) is 24.3 Å². The quantitative estimate of drug-likeness (QED) is 0.694. The van der Waals surface area contributed by atoms with Crippen molar-refractivity contribution in [3.8, 4) is 0 Å². The van der Waals surface area contributed by atoms with Crippen molar-refractivity contribution in [3.63, 3.8) is 0 Å². The molecule has 98 valence electrons. The van der Waals surface area contributed by atoms with Gasteiger partial charge in [0.15, 0.2) is 0 Å². The Morgan fingerprint density at radius 3 is 3.06 bits per heavy atom. The van der Waals surface area contributed by atoms with Gasteiger partial charge in [-0.1, -0.05) is 6.07 Å². The minimum absolute atomic E-state index is 0.0784. The van der Waals surface area contributed by atoms with E-state index in [2.05, 4.69) is 10.6 Å². The number of carbonyl (C=O) groups excluding carboxylic acids is 1. The average molecular weight is 251 g/mol. The zero-order valence-corrected chi connectivity index (χ0v) is 10.0. The summed E-state index contributed by atoms with van der Waals surface area (Å²) in [6.07, 6.45) is -0.0784. The molecule has 2 amide bonds. The van der Waals surface area contributed by atoms with Crippen molar-refractivity contribution in [2.24, 2.45) is 0 Å². The summed E-state index contributed by atoms with van der Waals surface area (Å²) in [5.74, 6) is 0. The Kier molecular flexibility index (Phi) is 4.38.